The first-order valence-electron chi connectivity index (χ1n) is 12.9. The molecule has 3 aromatic carbocycles. The van der Waals surface area contributed by atoms with E-state index in [2.05, 4.69) is 5.32 Å². The molecule has 0 bridgehead atoms. The van der Waals surface area contributed by atoms with Crippen molar-refractivity contribution >= 4 is 39.1 Å². The van der Waals surface area contributed by atoms with E-state index in [0.717, 1.165) is 27.4 Å². The Morgan fingerprint density at radius 3 is 2.15 bits per heavy atom. The molecule has 2 amide bonds. The maximum atomic E-state index is 13.9. The third kappa shape index (κ3) is 7.61. The van der Waals surface area contributed by atoms with Gasteiger partial charge in [-0.25, -0.2) is 8.42 Å². The average Bonchev–Trinajstić information content (AvgIpc) is 2.92. The third-order valence-electron chi connectivity index (χ3n) is 6.82. The lowest BCUT2D eigenvalue weighted by Gasteiger charge is -2.32. The standard InChI is InChI=1S/C30H36ClN3O4S/c1-6-23(4)32-30(36)24(5)33(19-25-13-15-26(31)16-14-25)29(35)20-34(27-17-12-21(2)22(3)18-27)39(37,38)28-10-8-7-9-11-28/h7-18,23-24H,6,19-20H2,1-5H3,(H,32,36)/t23-,24-/m1/s1. The Labute approximate surface area is 236 Å². The zero-order chi connectivity index (χ0) is 28.7. The molecular formula is C30H36ClN3O4S. The number of nitrogens with zero attached hydrogens (tertiary/aromatic N) is 2. The van der Waals surface area contributed by atoms with Crippen LogP contribution in [-0.4, -0.2) is 43.8 Å². The normalized spacial score (nSPS) is 12.9. The van der Waals surface area contributed by atoms with Gasteiger partial charge < -0.3 is 10.2 Å². The number of benzene rings is 3. The molecule has 9 heteroatoms. The number of anilines is 1. The van der Waals surface area contributed by atoms with Crippen LogP contribution >= 0.6 is 11.6 Å². The molecule has 39 heavy (non-hydrogen) atoms. The summed E-state index contributed by atoms with van der Waals surface area (Å²) in [5.74, 6) is -0.815. The van der Waals surface area contributed by atoms with Crippen molar-refractivity contribution in [2.24, 2.45) is 0 Å². The summed E-state index contributed by atoms with van der Waals surface area (Å²) in [6, 6.07) is 19.4. The molecule has 1 N–H and O–H groups in total. The van der Waals surface area contributed by atoms with Crippen LogP contribution < -0.4 is 9.62 Å². The zero-order valence-electron chi connectivity index (χ0n) is 23.0. The van der Waals surface area contributed by atoms with Crippen LogP contribution in [0.1, 0.15) is 43.9 Å². The van der Waals surface area contributed by atoms with Gasteiger partial charge in [-0.2, -0.15) is 0 Å². The summed E-state index contributed by atoms with van der Waals surface area (Å²) >= 11 is 6.05. The molecule has 2 atom stereocenters. The van der Waals surface area contributed by atoms with Crippen LogP contribution in [0.5, 0.6) is 0 Å². The number of carbonyl (C=O) groups excluding carboxylic acids is 2. The van der Waals surface area contributed by atoms with Crippen LogP contribution in [0, 0.1) is 13.8 Å². The largest absolute Gasteiger partial charge is 0.352 e. The highest BCUT2D eigenvalue weighted by atomic mass is 35.5. The topological polar surface area (TPSA) is 86.8 Å². The van der Waals surface area contributed by atoms with E-state index in [1.54, 1.807) is 61.5 Å². The van der Waals surface area contributed by atoms with Crippen LogP contribution in [-0.2, 0) is 26.2 Å². The van der Waals surface area contributed by atoms with E-state index in [1.165, 1.54) is 17.0 Å². The molecule has 0 aromatic heterocycles. The van der Waals surface area contributed by atoms with Gasteiger partial charge in [-0.15, -0.1) is 0 Å². The minimum atomic E-state index is -4.09. The van der Waals surface area contributed by atoms with Crippen molar-refractivity contribution in [2.75, 3.05) is 10.8 Å². The van der Waals surface area contributed by atoms with E-state index in [1.807, 2.05) is 33.8 Å². The Morgan fingerprint density at radius 2 is 1.56 bits per heavy atom. The van der Waals surface area contributed by atoms with E-state index in [-0.39, 0.29) is 23.4 Å². The van der Waals surface area contributed by atoms with Crippen LogP contribution in [0.15, 0.2) is 77.7 Å². The number of amides is 2. The van der Waals surface area contributed by atoms with Crippen molar-refractivity contribution in [1.29, 1.82) is 0 Å². The zero-order valence-corrected chi connectivity index (χ0v) is 24.6. The minimum Gasteiger partial charge on any atom is -0.352 e. The van der Waals surface area contributed by atoms with Gasteiger partial charge in [0, 0.05) is 17.6 Å². The first-order chi connectivity index (χ1) is 18.4. The van der Waals surface area contributed by atoms with Gasteiger partial charge in [-0.05, 0) is 87.2 Å². The fourth-order valence-electron chi connectivity index (χ4n) is 3.96. The SMILES string of the molecule is CC[C@@H](C)NC(=O)[C@@H](C)N(Cc1ccc(Cl)cc1)C(=O)CN(c1ccc(C)c(C)c1)S(=O)(=O)c1ccccc1. The van der Waals surface area contributed by atoms with Crippen LogP contribution in [0.4, 0.5) is 5.69 Å². The Kier molecular flexibility index (Phi) is 10.2. The van der Waals surface area contributed by atoms with Crippen molar-refractivity contribution in [3.05, 3.63) is 94.5 Å². The van der Waals surface area contributed by atoms with Crippen molar-refractivity contribution < 1.29 is 18.0 Å². The number of halogens is 1. The van der Waals surface area contributed by atoms with E-state index >= 15 is 0 Å². The van der Waals surface area contributed by atoms with E-state index in [0.29, 0.717) is 10.7 Å². The van der Waals surface area contributed by atoms with Gasteiger partial charge in [0.1, 0.15) is 12.6 Å². The number of hydrogen-bond donors (Lipinski definition) is 1. The first kappa shape index (κ1) is 30.2. The highest BCUT2D eigenvalue weighted by Crippen LogP contribution is 2.26. The van der Waals surface area contributed by atoms with Crippen molar-refractivity contribution in [3.8, 4) is 0 Å². The lowest BCUT2D eigenvalue weighted by molar-refractivity contribution is -0.139. The monoisotopic (exact) mass is 569 g/mol. The van der Waals surface area contributed by atoms with Gasteiger partial charge in [0.25, 0.3) is 10.0 Å². The van der Waals surface area contributed by atoms with Crippen LogP contribution in [0.2, 0.25) is 5.02 Å². The molecule has 0 spiro atoms. The Bertz CT molecular complexity index is 1400. The van der Waals surface area contributed by atoms with Gasteiger partial charge >= 0.3 is 0 Å². The molecule has 7 nitrogen and oxygen atoms in total. The molecule has 0 aliphatic carbocycles. The molecule has 0 aliphatic rings. The third-order valence-corrected chi connectivity index (χ3v) is 8.86. The molecule has 208 valence electrons. The molecule has 3 aromatic rings. The first-order valence-corrected chi connectivity index (χ1v) is 14.7. The highest BCUT2D eigenvalue weighted by Gasteiger charge is 2.32. The summed E-state index contributed by atoms with van der Waals surface area (Å²) in [6.45, 7) is 8.96. The fraction of sp³-hybridized carbons (Fsp3) is 0.333. The molecular weight excluding hydrogens is 534 g/mol. The molecule has 3 rings (SSSR count). The Hall–Kier alpha value is -3.36. The van der Waals surface area contributed by atoms with Crippen molar-refractivity contribution in [1.82, 2.24) is 10.2 Å². The molecule has 0 saturated carbocycles. The maximum Gasteiger partial charge on any atom is 0.264 e. The van der Waals surface area contributed by atoms with Crippen LogP contribution in [0.25, 0.3) is 0 Å². The molecule has 0 unspecified atom stereocenters. The van der Waals surface area contributed by atoms with E-state index in [9.17, 15) is 18.0 Å². The predicted octanol–water partition coefficient (Wildman–Crippen LogP) is 5.48. The summed E-state index contributed by atoms with van der Waals surface area (Å²) in [4.78, 5) is 28.5. The highest BCUT2D eigenvalue weighted by molar-refractivity contribution is 7.92. The molecule has 0 heterocycles. The molecule has 0 radical (unpaired) electrons. The second-order valence-electron chi connectivity index (χ2n) is 9.74. The van der Waals surface area contributed by atoms with Gasteiger partial charge in [0.2, 0.25) is 11.8 Å². The van der Waals surface area contributed by atoms with Gasteiger partial charge in [-0.3, -0.25) is 13.9 Å². The summed E-state index contributed by atoms with van der Waals surface area (Å²) < 4.78 is 28.8. The van der Waals surface area contributed by atoms with Gasteiger partial charge in [0.05, 0.1) is 10.6 Å². The number of hydrogen-bond acceptors (Lipinski definition) is 4. The number of sulfonamides is 1. The molecule has 0 fully saturated rings. The fourth-order valence-corrected chi connectivity index (χ4v) is 5.52. The lowest BCUT2D eigenvalue weighted by atomic mass is 10.1. The Morgan fingerprint density at radius 1 is 0.923 bits per heavy atom. The smallest absolute Gasteiger partial charge is 0.264 e. The second-order valence-corrected chi connectivity index (χ2v) is 12.0. The van der Waals surface area contributed by atoms with E-state index < -0.39 is 28.5 Å². The minimum absolute atomic E-state index is 0.0714. The maximum absolute atomic E-state index is 13.9. The van der Waals surface area contributed by atoms with Crippen molar-refractivity contribution in [3.63, 3.8) is 0 Å². The van der Waals surface area contributed by atoms with Crippen LogP contribution in [0.3, 0.4) is 0 Å². The Balaban J connectivity index is 2.03. The quantitative estimate of drug-likeness (QED) is 0.331. The number of rotatable bonds is 11. The average molecular weight is 570 g/mol. The number of nitrogens with one attached hydrogen (secondary N) is 1. The summed E-state index contributed by atoms with van der Waals surface area (Å²) in [7, 11) is -4.09. The lowest BCUT2D eigenvalue weighted by Crippen LogP contribution is -2.52. The number of aryl methyl sites for hydroxylation is 2. The summed E-state index contributed by atoms with van der Waals surface area (Å²) in [5.41, 5.74) is 3.03. The summed E-state index contributed by atoms with van der Waals surface area (Å²) in [6.07, 6.45) is 0.736. The molecule has 0 saturated heterocycles. The summed E-state index contributed by atoms with van der Waals surface area (Å²) in [5, 5.41) is 3.48. The van der Waals surface area contributed by atoms with E-state index in [4.69, 9.17) is 11.6 Å². The van der Waals surface area contributed by atoms with Gasteiger partial charge in [-0.1, -0.05) is 54.9 Å². The second kappa shape index (κ2) is 13.1. The number of carbonyl (C=O) groups is 2. The van der Waals surface area contributed by atoms with Gasteiger partial charge in [0.15, 0.2) is 0 Å². The molecule has 0 aliphatic heterocycles. The van der Waals surface area contributed by atoms with Crippen molar-refractivity contribution in [2.45, 2.75) is 64.6 Å². The predicted molar refractivity (Wildman–Crippen MR) is 156 cm³/mol.